The van der Waals surface area contributed by atoms with Crippen molar-refractivity contribution in [2.45, 2.75) is 37.6 Å². The molecule has 0 heterocycles. The number of hydrogen-bond donors (Lipinski definition) is 3. The van der Waals surface area contributed by atoms with E-state index in [1.165, 1.54) is 25.3 Å². The van der Waals surface area contributed by atoms with Crippen molar-refractivity contribution in [2.75, 3.05) is 6.54 Å². The highest BCUT2D eigenvalue weighted by molar-refractivity contribution is 7.89. The van der Waals surface area contributed by atoms with E-state index in [0.717, 1.165) is 23.6 Å². The van der Waals surface area contributed by atoms with Crippen LogP contribution in [0.3, 0.4) is 0 Å². The maximum atomic E-state index is 11.3. The minimum atomic E-state index is -3.66. The van der Waals surface area contributed by atoms with Crippen LogP contribution in [0.2, 0.25) is 0 Å². The van der Waals surface area contributed by atoms with Crippen molar-refractivity contribution in [1.29, 1.82) is 0 Å². The van der Waals surface area contributed by atoms with Gasteiger partial charge in [0.2, 0.25) is 10.0 Å². The van der Waals surface area contributed by atoms with Gasteiger partial charge in [0.25, 0.3) is 0 Å². The maximum absolute atomic E-state index is 11.3. The molecule has 0 atom stereocenters. The lowest BCUT2D eigenvalue weighted by molar-refractivity contribution is 0.315. The van der Waals surface area contributed by atoms with E-state index in [-0.39, 0.29) is 4.90 Å². The van der Waals surface area contributed by atoms with E-state index in [0.29, 0.717) is 12.5 Å². The number of nitrogens with zero attached hydrogens (tertiary/aromatic N) is 1. The molecule has 5 N–H and O–H groups in total. The Morgan fingerprint density at radius 3 is 2.67 bits per heavy atom. The molecule has 2 rings (SSSR count). The monoisotopic (exact) mass is 310 g/mol. The molecule has 0 amide bonds. The third-order valence-electron chi connectivity index (χ3n) is 3.86. The van der Waals surface area contributed by atoms with Gasteiger partial charge in [0.1, 0.15) is 0 Å². The minimum Gasteiger partial charge on any atom is -0.370 e. The molecule has 116 valence electrons. The van der Waals surface area contributed by atoms with Gasteiger partial charge in [-0.3, -0.25) is 0 Å². The summed E-state index contributed by atoms with van der Waals surface area (Å²) in [5.74, 6) is 1.14. The molecule has 1 aliphatic rings. The Hall–Kier alpha value is -1.60. The van der Waals surface area contributed by atoms with E-state index in [9.17, 15) is 8.42 Å². The molecule has 0 spiro atoms. The Bertz CT molecular complexity index is 636. The molecule has 0 bridgehead atoms. The quantitative estimate of drug-likeness (QED) is 0.553. The molecule has 0 aromatic heterocycles. The molecule has 1 aromatic carbocycles. The molecule has 0 aliphatic heterocycles. The smallest absolute Gasteiger partial charge is 0.238 e. The van der Waals surface area contributed by atoms with Crippen LogP contribution < -0.4 is 16.2 Å². The fraction of sp³-hybridized carbons (Fsp3) is 0.500. The number of rotatable bonds is 5. The largest absolute Gasteiger partial charge is 0.370 e. The first-order valence-corrected chi connectivity index (χ1v) is 8.57. The van der Waals surface area contributed by atoms with E-state index in [2.05, 4.69) is 10.3 Å². The van der Waals surface area contributed by atoms with Crippen molar-refractivity contribution in [3.8, 4) is 0 Å². The summed E-state index contributed by atoms with van der Waals surface area (Å²) < 4.78 is 22.5. The zero-order valence-corrected chi connectivity index (χ0v) is 13.0. The van der Waals surface area contributed by atoms with Crippen molar-refractivity contribution >= 4 is 16.0 Å². The van der Waals surface area contributed by atoms with Crippen LogP contribution in [0.4, 0.5) is 0 Å². The fourth-order valence-corrected chi connectivity index (χ4v) is 2.79. The Balaban J connectivity index is 1.95. The van der Waals surface area contributed by atoms with Gasteiger partial charge in [-0.25, -0.2) is 18.5 Å². The summed E-state index contributed by atoms with van der Waals surface area (Å²) in [5.41, 5.74) is 7.58. The second-order valence-corrected chi connectivity index (χ2v) is 7.07. The molecular weight excluding hydrogens is 288 g/mol. The second-order valence-electron chi connectivity index (χ2n) is 5.51. The maximum Gasteiger partial charge on any atom is 0.238 e. The van der Waals surface area contributed by atoms with E-state index < -0.39 is 10.0 Å². The number of benzene rings is 1. The Kier molecular flexibility index (Phi) is 4.84. The minimum absolute atomic E-state index is 0.115. The van der Waals surface area contributed by atoms with Crippen molar-refractivity contribution < 1.29 is 8.42 Å². The van der Waals surface area contributed by atoms with Gasteiger partial charge >= 0.3 is 0 Å². The first-order valence-electron chi connectivity index (χ1n) is 7.02. The molecule has 1 saturated carbocycles. The summed E-state index contributed by atoms with van der Waals surface area (Å²) >= 11 is 0. The molecule has 21 heavy (non-hydrogen) atoms. The van der Waals surface area contributed by atoms with Gasteiger partial charge in [-0.15, -0.1) is 0 Å². The molecule has 7 heteroatoms. The Morgan fingerprint density at radius 1 is 1.43 bits per heavy atom. The first kappa shape index (κ1) is 15.8. The number of guanidine groups is 1. The van der Waals surface area contributed by atoms with Crippen LogP contribution in [-0.4, -0.2) is 20.9 Å². The lowest BCUT2D eigenvalue weighted by Gasteiger charge is -2.25. The standard InChI is InChI=1S/C14H22N4O2S/c1-10-7-13(21(16,19)20)6-5-12(10)9-18-14(15)17-8-11-3-2-4-11/h5-7,11H,2-4,8-9H2,1H3,(H3,15,17,18)(H2,16,19,20). The Morgan fingerprint density at radius 2 is 2.14 bits per heavy atom. The third-order valence-corrected chi connectivity index (χ3v) is 4.77. The predicted octanol–water partition coefficient (Wildman–Crippen LogP) is 0.847. The van der Waals surface area contributed by atoms with E-state index >= 15 is 0 Å². The number of aryl methyl sites for hydroxylation is 1. The van der Waals surface area contributed by atoms with Crippen molar-refractivity contribution in [1.82, 2.24) is 5.32 Å². The van der Waals surface area contributed by atoms with Gasteiger partial charge in [-0.2, -0.15) is 0 Å². The number of hydrogen-bond acceptors (Lipinski definition) is 3. The fourth-order valence-electron chi connectivity index (χ4n) is 2.19. The lowest BCUT2D eigenvalue weighted by Crippen LogP contribution is -2.37. The zero-order chi connectivity index (χ0) is 15.5. The number of aliphatic imine (C=N–C) groups is 1. The number of primary sulfonamides is 1. The van der Waals surface area contributed by atoms with Crippen LogP contribution in [0, 0.1) is 12.8 Å². The lowest BCUT2D eigenvalue weighted by atomic mass is 9.85. The van der Waals surface area contributed by atoms with Crippen LogP contribution >= 0.6 is 0 Å². The molecule has 1 aromatic rings. The highest BCUT2D eigenvalue weighted by atomic mass is 32.2. The average Bonchev–Trinajstić information content (AvgIpc) is 2.34. The van der Waals surface area contributed by atoms with Gasteiger partial charge in [0.05, 0.1) is 11.4 Å². The summed E-state index contributed by atoms with van der Waals surface area (Å²) in [6.45, 7) is 3.12. The van der Waals surface area contributed by atoms with Crippen LogP contribution in [0.1, 0.15) is 30.4 Å². The summed E-state index contributed by atoms with van der Waals surface area (Å²) in [4.78, 5) is 4.39. The molecule has 0 saturated heterocycles. The molecule has 1 fully saturated rings. The van der Waals surface area contributed by atoms with E-state index in [1.807, 2.05) is 6.92 Å². The summed E-state index contributed by atoms with van der Waals surface area (Å²) in [7, 11) is -3.66. The average molecular weight is 310 g/mol. The zero-order valence-electron chi connectivity index (χ0n) is 12.2. The SMILES string of the molecule is Cc1cc(S(N)(=O)=O)ccc1CN=C(N)NCC1CCC1. The first-order chi connectivity index (χ1) is 9.86. The van der Waals surface area contributed by atoms with Crippen LogP contribution in [0.15, 0.2) is 28.1 Å². The molecule has 1 aliphatic carbocycles. The normalized spacial score (nSPS) is 16.6. The molecule has 0 unspecified atom stereocenters. The highest BCUT2D eigenvalue weighted by Gasteiger charge is 2.16. The predicted molar refractivity (Wildman–Crippen MR) is 83.2 cm³/mol. The third kappa shape index (κ3) is 4.44. The molecule has 0 radical (unpaired) electrons. The van der Waals surface area contributed by atoms with E-state index in [4.69, 9.17) is 10.9 Å². The topological polar surface area (TPSA) is 111 Å². The van der Waals surface area contributed by atoms with Crippen molar-refractivity contribution in [2.24, 2.45) is 21.8 Å². The van der Waals surface area contributed by atoms with Crippen molar-refractivity contribution in [3.05, 3.63) is 29.3 Å². The van der Waals surface area contributed by atoms with Gasteiger partial charge < -0.3 is 11.1 Å². The van der Waals surface area contributed by atoms with Gasteiger partial charge in [-0.05, 0) is 48.9 Å². The number of nitrogens with two attached hydrogens (primary N) is 2. The van der Waals surface area contributed by atoms with Crippen LogP contribution in [0.25, 0.3) is 0 Å². The number of nitrogens with one attached hydrogen (secondary N) is 1. The van der Waals surface area contributed by atoms with E-state index in [1.54, 1.807) is 12.1 Å². The van der Waals surface area contributed by atoms with Gasteiger partial charge in [0, 0.05) is 6.54 Å². The molecular formula is C14H22N4O2S. The number of sulfonamides is 1. The molecule has 6 nitrogen and oxygen atoms in total. The summed E-state index contributed by atoms with van der Waals surface area (Å²) in [6, 6.07) is 4.77. The van der Waals surface area contributed by atoms with Crippen LogP contribution in [0.5, 0.6) is 0 Å². The Labute approximate surface area is 125 Å². The van der Waals surface area contributed by atoms with Crippen LogP contribution in [-0.2, 0) is 16.6 Å². The van der Waals surface area contributed by atoms with Gasteiger partial charge in [-0.1, -0.05) is 12.5 Å². The summed E-state index contributed by atoms with van der Waals surface area (Å²) in [5, 5.41) is 8.22. The van der Waals surface area contributed by atoms with Gasteiger partial charge in [0.15, 0.2) is 5.96 Å². The second kappa shape index (κ2) is 6.44. The van der Waals surface area contributed by atoms with Crippen molar-refractivity contribution in [3.63, 3.8) is 0 Å². The highest BCUT2D eigenvalue weighted by Crippen LogP contribution is 2.25. The summed E-state index contributed by atoms with van der Waals surface area (Å²) in [6.07, 6.45) is 3.82.